The molecule has 0 spiro atoms. The predicted molar refractivity (Wildman–Crippen MR) is 65.9 cm³/mol. The van der Waals surface area contributed by atoms with E-state index in [1.54, 1.807) is 0 Å². The molecule has 0 aliphatic heterocycles. The molecule has 0 saturated heterocycles. The first-order valence-corrected chi connectivity index (χ1v) is 7.14. The molecule has 3 heteroatoms. The molecule has 0 N–H and O–H groups in total. The molecule has 0 bridgehead atoms. The highest BCUT2D eigenvalue weighted by Crippen LogP contribution is 2.31. The average Bonchev–Trinajstić information content (AvgIpc) is 2.68. The maximum absolute atomic E-state index is 4.58. The van der Waals surface area contributed by atoms with E-state index in [9.17, 15) is 0 Å². The Morgan fingerprint density at radius 2 is 1.53 bits per heavy atom. The number of aromatic nitrogens is 2. The number of hydrogen-bond acceptors (Lipinski definition) is 2. The lowest BCUT2D eigenvalue weighted by Crippen LogP contribution is -2.01. The summed E-state index contributed by atoms with van der Waals surface area (Å²) in [6.07, 6.45) is 11.2. The van der Waals surface area contributed by atoms with Gasteiger partial charge in [-0.15, -0.1) is 0 Å². The lowest BCUT2D eigenvalue weighted by Gasteiger charge is -2.13. The molecular formula is C12H21N2P. The molecule has 1 atom stereocenters. The van der Waals surface area contributed by atoms with E-state index in [1.807, 2.05) is 0 Å². The first-order chi connectivity index (χ1) is 7.38. The van der Waals surface area contributed by atoms with E-state index < -0.39 is 0 Å². The quantitative estimate of drug-likeness (QED) is 0.719. The van der Waals surface area contributed by atoms with Crippen LogP contribution in [0.3, 0.4) is 0 Å². The zero-order valence-corrected chi connectivity index (χ0v) is 10.6. The highest BCUT2D eigenvalue weighted by Gasteiger charge is 2.17. The van der Waals surface area contributed by atoms with Crippen molar-refractivity contribution in [2.45, 2.75) is 64.2 Å². The van der Waals surface area contributed by atoms with Crippen molar-refractivity contribution in [3.8, 4) is 0 Å². The second-order valence-corrected chi connectivity index (χ2v) is 5.34. The van der Waals surface area contributed by atoms with Crippen molar-refractivity contribution in [3.05, 3.63) is 11.4 Å². The fraction of sp³-hybridized carbons (Fsp3) is 0.833. The van der Waals surface area contributed by atoms with Gasteiger partial charge in [0.05, 0.1) is 19.9 Å². The Kier molecular flexibility index (Phi) is 4.19. The second kappa shape index (κ2) is 5.65. The molecule has 1 aromatic rings. The normalized spacial score (nSPS) is 21.1. The minimum atomic E-state index is 0.464. The standard InChI is InChI=1S/C12H21N2P/c1-10-12(14-15-13-10)11-8-6-4-2-3-5-7-9-11/h11,15H,2-9H2,1H3. The van der Waals surface area contributed by atoms with Gasteiger partial charge in [0.1, 0.15) is 0 Å². The summed E-state index contributed by atoms with van der Waals surface area (Å²) < 4.78 is 8.99. The Hall–Kier alpha value is -0.360. The van der Waals surface area contributed by atoms with Crippen LogP contribution >= 0.6 is 8.51 Å². The number of aryl methyl sites for hydroxylation is 1. The van der Waals surface area contributed by atoms with Crippen LogP contribution in [0.5, 0.6) is 0 Å². The Morgan fingerprint density at radius 3 is 2.07 bits per heavy atom. The first kappa shape index (κ1) is 11.1. The Morgan fingerprint density at radius 1 is 0.933 bits per heavy atom. The van der Waals surface area contributed by atoms with Gasteiger partial charge in [-0.05, 0) is 19.8 Å². The molecule has 84 valence electrons. The van der Waals surface area contributed by atoms with E-state index in [-0.39, 0.29) is 0 Å². The van der Waals surface area contributed by atoms with Crippen molar-refractivity contribution in [2.24, 2.45) is 0 Å². The Labute approximate surface area is 94.1 Å². The lowest BCUT2D eigenvalue weighted by molar-refractivity contribution is 0.529. The molecular weight excluding hydrogens is 203 g/mol. The van der Waals surface area contributed by atoms with Crippen LogP contribution in [0.2, 0.25) is 0 Å². The van der Waals surface area contributed by atoms with Crippen molar-refractivity contribution in [2.75, 3.05) is 0 Å². The van der Waals surface area contributed by atoms with Gasteiger partial charge in [-0.25, -0.2) is 9.49 Å². The molecule has 1 aliphatic carbocycles. The van der Waals surface area contributed by atoms with Gasteiger partial charge in [-0.1, -0.05) is 38.5 Å². The number of hydrogen-bond donors (Lipinski definition) is 0. The zero-order valence-electron chi connectivity index (χ0n) is 9.63. The number of nitrogens with zero attached hydrogens (tertiary/aromatic N) is 2. The summed E-state index contributed by atoms with van der Waals surface area (Å²) >= 11 is 0. The smallest absolute Gasteiger partial charge is 0.0706 e. The summed E-state index contributed by atoms with van der Waals surface area (Å²) in [6.45, 7) is 2.13. The van der Waals surface area contributed by atoms with Crippen molar-refractivity contribution in [1.29, 1.82) is 0 Å². The fourth-order valence-electron chi connectivity index (χ4n) is 2.59. The van der Waals surface area contributed by atoms with E-state index in [0.717, 1.165) is 5.92 Å². The summed E-state index contributed by atoms with van der Waals surface area (Å²) in [4.78, 5) is 0. The summed E-state index contributed by atoms with van der Waals surface area (Å²) in [7, 11) is 0.464. The Balaban J connectivity index is 2.02. The molecule has 1 aliphatic rings. The highest BCUT2D eigenvalue weighted by molar-refractivity contribution is 7.20. The molecule has 0 amide bonds. The molecule has 0 aromatic carbocycles. The van der Waals surface area contributed by atoms with Gasteiger partial charge in [-0.2, -0.15) is 0 Å². The number of rotatable bonds is 1. The predicted octanol–water partition coefficient (Wildman–Crippen LogP) is 4.03. The van der Waals surface area contributed by atoms with Crippen LogP contribution in [0.1, 0.15) is 68.7 Å². The summed E-state index contributed by atoms with van der Waals surface area (Å²) in [5.41, 5.74) is 2.56. The van der Waals surface area contributed by atoms with Crippen molar-refractivity contribution in [1.82, 2.24) is 9.49 Å². The van der Waals surface area contributed by atoms with Crippen LogP contribution in [0, 0.1) is 6.92 Å². The van der Waals surface area contributed by atoms with Crippen molar-refractivity contribution in [3.63, 3.8) is 0 Å². The van der Waals surface area contributed by atoms with Gasteiger partial charge >= 0.3 is 0 Å². The van der Waals surface area contributed by atoms with E-state index in [2.05, 4.69) is 16.4 Å². The zero-order chi connectivity index (χ0) is 10.5. The molecule has 15 heavy (non-hydrogen) atoms. The molecule has 2 rings (SSSR count). The lowest BCUT2D eigenvalue weighted by atomic mass is 9.93. The highest BCUT2D eigenvalue weighted by atomic mass is 31.1. The van der Waals surface area contributed by atoms with E-state index in [1.165, 1.54) is 62.8 Å². The third-order valence-electron chi connectivity index (χ3n) is 3.50. The summed E-state index contributed by atoms with van der Waals surface area (Å²) in [5.74, 6) is 0.724. The van der Waals surface area contributed by atoms with Crippen LogP contribution in [-0.4, -0.2) is 9.49 Å². The van der Waals surface area contributed by atoms with E-state index in [4.69, 9.17) is 0 Å². The van der Waals surface area contributed by atoms with Gasteiger partial charge in [0.2, 0.25) is 0 Å². The van der Waals surface area contributed by atoms with Crippen molar-refractivity contribution < 1.29 is 0 Å². The molecule has 0 radical (unpaired) electrons. The van der Waals surface area contributed by atoms with Gasteiger partial charge < -0.3 is 0 Å². The third kappa shape index (κ3) is 3.04. The maximum atomic E-state index is 4.58. The first-order valence-electron chi connectivity index (χ1n) is 6.25. The minimum absolute atomic E-state index is 0.464. The average molecular weight is 224 g/mol. The van der Waals surface area contributed by atoms with E-state index in [0.29, 0.717) is 8.51 Å². The fourth-order valence-corrected chi connectivity index (χ4v) is 3.35. The third-order valence-corrected chi connectivity index (χ3v) is 4.28. The van der Waals surface area contributed by atoms with Gasteiger partial charge in [0, 0.05) is 5.92 Å². The second-order valence-electron chi connectivity index (χ2n) is 4.69. The molecule has 1 aromatic heterocycles. The van der Waals surface area contributed by atoms with Gasteiger partial charge in [0.25, 0.3) is 0 Å². The van der Waals surface area contributed by atoms with Crippen LogP contribution in [-0.2, 0) is 0 Å². The molecule has 1 unspecified atom stereocenters. The monoisotopic (exact) mass is 224 g/mol. The summed E-state index contributed by atoms with van der Waals surface area (Å²) in [5, 5.41) is 0. The van der Waals surface area contributed by atoms with E-state index >= 15 is 0 Å². The van der Waals surface area contributed by atoms with Gasteiger partial charge in [-0.3, -0.25) is 0 Å². The molecule has 2 nitrogen and oxygen atoms in total. The van der Waals surface area contributed by atoms with Crippen LogP contribution in [0.25, 0.3) is 0 Å². The molecule has 1 fully saturated rings. The molecule has 1 saturated carbocycles. The largest absolute Gasteiger partial charge is 0.225 e. The summed E-state index contributed by atoms with van der Waals surface area (Å²) in [6, 6.07) is 0. The Bertz CT molecular complexity index is 286. The minimum Gasteiger partial charge on any atom is -0.225 e. The van der Waals surface area contributed by atoms with Crippen LogP contribution in [0.15, 0.2) is 0 Å². The van der Waals surface area contributed by atoms with Gasteiger partial charge in [0.15, 0.2) is 0 Å². The van der Waals surface area contributed by atoms with Crippen LogP contribution < -0.4 is 0 Å². The maximum Gasteiger partial charge on any atom is 0.0706 e. The SMILES string of the molecule is Cc1n[pH]nc1C1CCCCCCCC1. The van der Waals surface area contributed by atoms with Crippen LogP contribution in [0.4, 0.5) is 0 Å². The van der Waals surface area contributed by atoms with Crippen molar-refractivity contribution >= 4 is 8.51 Å². The topological polar surface area (TPSA) is 25.8 Å². The molecule has 1 heterocycles.